The normalized spacial score (nSPS) is 15.5. The fraction of sp³-hybridized carbons (Fsp3) is 1.00. The predicted octanol–water partition coefficient (Wildman–Crippen LogP) is 4.24. The van der Waals surface area contributed by atoms with E-state index in [1.165, 1.54) is 0 Å². The summed E-state index contributed by atoms with van der Waals surface area (Å²) in [6.45, 7) is -5.14. The fourth-order valence-electron chi connectivity index (χ4n) is 0.745. The lowest BCUT2D eigenvalue weighted by molar-refractivity contribution is -0.550. The molecule has 0 aliphatic rings. The lowest BCUT2D eigenvalue weighted by atomic mass is 10.5. The summed E-state index contributed by atoms with van der Waals surface area (Å²) in [5, 5.41) is 0. The van der Waals surface area contributed by atoms with Crippen LogP contribution in [0.25, 0.3) is 0 Å². The highest BCUT2D eigenvalue weighted by atomic mass is 19.4. The van der Waals surface area contributed by atoms with Gasteiger partial charge < -0.3 is 0 Å². The van der Waals surface area contributed by atoms with Gasteiger partial charge in [-0.2, -0.15) is 52.7 Å². The highest BCUT2D eigenvalue weighted by Crippen LogP contribution is 2.47. The lowest BCUT2D eigenvalue weighted by Crippen LogP contribution is -2.56. The second-order valence-corrected chi connectivity index (χ2v) is 3.46. The van der Waals surface area contributed by atoms with Gasteiger partial charge in [0.05, 0.1) is 0 Å². The van der Waals surface area contributed by atoms with Crippen LogP contribution in [0.15, 0.2) is 0 Å². The van der Waals surface area contributed by atoms with Crippen molar-refractivity contribution in [3.8, 4) is 0 Å². The summed E-state index contributed by atoms with van der Waals surface area (Å²) >= 11 is 0. The van der Waals surface area contributed by atoms with Crippen molar-refractivity contribution >= 4 is 0 Å². The molecule has 0 spiro atoms. The minimum Gasteiger partial charge on any atom is -0.251 e. The van der Waals surface area contributed by atoms with E-state index in [1.54, 1.807) is 4.74 Å². The Balaban J connectivity index is 5.32. The van der Waals surface area contributed by atoms with Gasteiger partial charge in [-0.25, -0.2) is 9.47 Å². The van der Waals surface area contributed by atoms with Gasteiger partial charge in [-0.15, -0.1) is 0 Å². The SMILES string of the molecule is CC(F)(F)OC(F)(F)C(F)(F)OC(F)(F)C(F)(F)OC(F)F. The molecule has 0 aliphatic heterocycles. The zero-order valence-electron chi connectivity index (χ0n) is 9.84. The smallest absolute Gasteiger partial charge is 0.251 e. The van der Waals surface area contributed by atoms with Gasteiger partial charge in [0.2, 0.25) is 0 Å². The summed E-state index contributed by atoms with van der Waals surface area (Å²) in [5.41, 5.74) is 0. The summed E-state index contributed by atoms with van der Waals surface area (Å²) in [7, 11) is 0. The number of halogens is 12. The zero-order valence-corrected chi connectivity index (χ0v) is 9.84. The topological polar surface area (TPSA) is 27.7 Å². The Morgan fingerprint density at radius 3 is 1.23 bits per heavy atom. The van der Waals surface area contributed by atoms with Crippen LogP contribution in [-0.4, -0.2) is 37.2 Å². The third-order valence-corrected chi connectivity index (χ3v) is 1.48. The molecule has 0 aromatic heterocycles. The van der Waals surface area contributed by atoms with E-state index >= 15 is 0 Å². The van der Waals surface area contributed by atoms with Crippen molar-refractivity contribution in [3.05, 3.63) is 0 Å². The lowest BCUT2D eigenvalue weighted by Gasteiger charge is -2.32. The monoisotopic (exact) mass is 364 g/mol. The highest BCUT2D eigenvalue weighted by molar-refractivity contribution is 4.75. The molecule has 15 heteroatoms. The second-order valence-electron chi connectivity index (χ2n) is 3.46. The molecule has 0 saturated heterocycles. The van der Waals surface area contributed by atoms with Gasteiger partial charge in [0.1, 0.15) is 0 Å². The zero-order chi connectivity index (χ0) is 18.2. The van der Waals surface area contributed by atoms with Gasteiger partial charge in [-0.3, -0.25) is 4.74 Å². The van der Waals surface area contributed by atoms with Gasteiger partial charge in [0.25, 0.3) is 0 Å². The van der Waals surface area contributed by atoms with Crippen LogP contribution < -0.4 is 0 Å². The van der Waals surface area contributed by atoms with Crippen molar-refractivity contribution in [2.45, 2.75) is 44.1 Å². The first kappa shape index (κ1) is 21.0. The van der Waals surface area contributed by atoms with Crippen molar-refractivity contribution in [3.63, 3.8) is 0 Å². The first-order chi connectivity index (χ1) is 9.33. The molecular weight excluding hydrogens is 360 g/mol. The van der Waals surface area contributed by atoms with Crippen molar-refractivity contribution in [1.82, 2.24) is 0 Å². The van der Waals surface area contributed by atoms with Gasteiger partial charge in [-0.05, 0) is 0 Å². The van der Waals surface area contributed by atoms with Crippen molar-refractivity contribution in [1.29, 1.82) is 0 Å². The standard InChI is InChI=1S/C7H4F12O3/c1-3(10,11)21-6(16,17)7(18,19)22-5(14,15)4(12,13)20-2(8)9/h2H,1H3. The highest BCUT2D eigenvalue weighted by Gasteiger charge is 2.72. The van der Waals surface area contributed by atoms with E-state index in [0.29, 0.717) is 0 Å². The summed E-state index contributed by atoms with van der Waals surface area (Å²) in [5.74, 6) is 0. The third-order valence-electron chi connectivity index (χ3n) is 1.48. The number of rotatable bonds is 8. The summed E-state index contributed by atoms with van der Waals surface area (Å²) in [4.78, 5) is 0. The minimum atomic E-state index is -6.76. The van der Waals surface area contributed by atoms with Crippen molar-refractivity contribution in [2.75, 3.05) is 0 Å². The van der Waals surface area contributed by atoms with Crippen LogP contribution in [0.5, 0.6) is 0 Å². The molecule has 0 aromatic rings. The molecule has 0 unspecified atom stereocenters. The van der Waals surface area contributed by atoms with Crippen LogP contribution in [0.4, 0.5) is 52.7 Å². The van der Waals surface area contributed by atoms with E-state index in [1.807, 2.05) is 4.74 Å². The maximum Gasteiger partial charge on any atom is 0.453 e. The van der Waals surface area contributed by atoms with E-state index in [-0.39, 0.29) is 0 Å². The summed E-state index contributed by atoms with van der Waals surface area (Å²) in [6, 6.07) is 0. The van der Waals surface area contributed by atoms with Gasteiger partial charge in [0, 0.05) is 6.92 Å². The Labute approximate surface area is 112 Å². The molecular formula is C7H4F12O3. The van der Waals surface area contributed by atoms with Gasteiger partial charge in [0.15, 0.2) is 0 Å². The molecule has 0 heterocycles. The van der Waals surface area contributed by atoms with E-state index in [9.17, 15) is 52.7 Å². The van der Waals surface area contributed by atoms with Crippen LogP contribution in [0.1, 0.15) is 6.92 Å². The van der Waals surface area contributed by atoms with E-state index in [4.69, 9.17) is 0 Å². The Hall–Kier alpha value is -0.960. The molecule has 0 saturated carbocycles. The Kier molecular flexibility index (Phi) is 5.66. The number of hydrogen-bond acceptors (Lipinski definition) is 3. The maximum atomic E-state index is 12.6. The third kappa shape index (κ3) is 5.35. The van der Waals surface area contributed by atoms with Gasteiger partial charge >= 0.3 is 37.2 Å². The molecule has 0 fully saturated rings. The number of ether oxygens (including phenoxy) is 3. The first-order valence-corrected chi connectivity index (χ1v) is 4.58. The minimum absolute atomic E-state index is 0.510. The molecule has 0 bridgehead atoms. The van der Waals surface area contributed by atoms with Crippen molar-refractivity contribution in [2.24, 2.45) is 0 Å². The number of hydrogen-bond donors (Lipinski definition) is 0. The van der Waals surface area contributed by atoms with E-state index in [0.717, 1.165) is 0 Å². The molecule has 0 N–H and O–H groups in total. The molecule has 0 amide bonds. The van der Waals surface area contributed by atoms with Crippen LogP contribution in [-0.2, 0) is 14.2 Å². The molecule has 22 heavy (non-hydrogen) atoms. The molecule has 3 nitrogen and oxygen atoms in total. The van der Waals surface area contributed by atoms with Crippen LogP contribution in [0.2, 0.25) is 0 Å². The van der Waals surface area contributed by atoms with Crippen molar-refractivity contribution < 1.29 is 66.9 Å². The molecule has 0 aliphatic carbocycles. The van der Waals surface area contributed by atoms with E-state index < -0.39 is 44.1 Å². The largest absolute Gasteiger partial charge is 0.453 e. The quantitative estimate of drug-likeness (QED) is 0.603. The molecule has 0 radical (unpaired) electrons. The maximum absolute atomic E-state index is 12.6. The van der Waals surface area contributed by atoms with Gasteiger partial charge in [-0.1, -0.05) is 0 Å². The first-order valence-electron chi connectivity index (χ1n) is 4.58. The number of alkyl halides is 12. The molecule has 0 atom stereocenters. The Morgan fingerprint density at radius 2 is 0.909 bits per heavy atom. The summed E-state index contributed by atoms with van der Waals surface area (Å²) < 4.78 is 153. The fourth-order valence-corrected chi connectivity index (χ4v) is 0.745. The average Bonchev–Trinajstić information content (AvgIpc) is 2.07. The predicted molar refractivity (Wildman–Crippen MR) is 39.7 cm³/mol. The van der Waals surface area contributed by atoms with Crippen LogP contribution in [0, 0.1) is 0 Å². The second kappa shape index (κ2) is 5.92. The summed E-state index contributed by atoms with van der Waals surface area (Å²) in [6.07, 6.45) is -31.5. The van der Waals surface area contributed by atoms with Crippen LogP contribution in [0.3, 0.4) is 0 Å². The average molecular weight is 364 g/mol. The molecule has 0 rings (SSSR count). The molecule has 0 aromatic carbocycles. The molecule has 134 valence electrons. The Morgan fingerprint density at radius 1 is 0.591 bits per heavy atom. The van der Waals surface area contributed by atoms with Crippen LogP contribution >= 0.6 is 0 Å². The Bertz CT molecular complexity index is 375. The van der Waals surface area contributed by atoms with E-state index in [2.05, 4.69) is 4.74 Å².